The minimum absolute atomic E-state index is 0.00198. The molecule has 0 aromatic carbocycles. The third-order valence-electron chi connectivity index (χ3n) is 4.60. The molecule has 0 spiro atoms. The number of hydrogen-bond donors (Lipinski definition) is 0. The largest absolute Gasteiger partial charge is 0.411 e. The average molecular weight is 481 g/mol. The van der Waals surface area contributed by atoms with Crippen LogP contribution in [0.4, 0.5) is 0 Å². The van der Waals surface area contributed by atoms with Crippen LogP contribution in [0.5, 0.6) is 0 Å². The molecule has 0 saturated heterocycles. The van der Waals surface area contributed by atoms with Crippen LogP contribution >= 0.6 is 0 Å². The van der Waals surface area contributed by atoms with E-state index in [4.69, 9.17) is 8.85 Å². The van der Waals surface area contributed by atoms with Gasteiger partial charge in [-0.15, -0.1) is 11.1 Å². The molecule has 0 bridgehead atoms. The van der Waals surface area contributed by atoms with Gasteiger partial charge in [-0.1, -0.05) is 78.0 Å². The Balaban J connectivity index is 6.32. The Morgan fingerprint density at radius 2 is 1.13 bits per heavy atom. The average Bonchev–Trinajstić information content (AvgIpc) is 2.44. The maximum atomic E-state index is 6.67. The molecule has 0 amide bonds. The van der Waals surface area contributed by atoms with E-state index in [0.717, 1.165) is 0 Å². The van der Waals surface area contributed by atoms with Crippen molar-refractivity contribution in [2.45, 2.75) is 116 Å². The van der Waals surface area contributed by atoms with Gasteiger partial charge >= 0.3 is 0 Å². The first-order valence-corrected chi connectivity index (χ1v) is 24.4. The zero-order chi connectivity index (χ0) is 24.2. The first-order chi connectivity index (χ1) is 13.0. The molecule has 2 nitrogen and oxygen atoms in total. The van der Waals surface area contributed by atoms with E-state index in [1.165, 1.54) is 0 Å². The van der Waals surface area contributed by atoms with E-state index in [1.807, 2.05) is 0 Å². The quantitative estimate of drug-likeness (QED) is 0.225. The molecule has 30 heavy (non-hydrogen) atoms. The lowest BCUT2D eigenvalue weighted by molar-refractivity contribution is 0.222. The van der Waals surface area contributed by atoms with Crippen molar-refractivity contribution >= 4 is 32.8 Å². The predicted octanol–water partition coefficient (Wildman–Crippen LogP) is 7.30. The number of rotatable bonds is 6. The topological polar surface area (TPSA) is 18.5 Å². The molecule has 0 aromatic heterocycles. The summed E-state index contributed by atoms with van der Waals surface area (Å²) in [5.74, 6) is 6.99. The zero-order valence-electron chi connectivity index (χ0n) is 22.5. The van der Waals surface area contributed by atoms with Crippen molar-refractivity contribution in [2.24, 2.45) is 0 Å². The molecule has 0 rings (SSSR count). The zero-order valence-corrected chi connectivity index (χ0v) is 26.5. The Kier molecular flexibility index (Phi) is 9.95. The van der Waals surface area contributed by atoms with Crippen molar-refractivity contribution < 1.29 is 8.85 Å². The number of hydrogen-bond acceptors (Lipinski definition) is 2. The molecule has 0 aliphatic rings. The van der Waals surface area contributed by atoms with E-state index in [0.29, 0.717) is 0 Å². The summed E-state index contributed by atoms with van der Waals surface area (Å²) in [6.45, 7) is 33.7. The summed E-state index contributed by atoms with van der Waals surface area (Å²) in [5.41, 5.74) is 6.22. The van der Waals surface area contributed by atoms with Crippen LogP contribution in [0.25, 0.3) is 0 Å². The van der Waals surface area contributed by atoms with Crippen LogP contribution in [-0.4, -0.2) is 44.5 Å². The molecule has 6 heteroatoms. The van der Waals surface area contributed by atoms with Gasteiger partial charge in [-0.25, -0.2) is 0 Å². The molecule has 1 atom stereocenters. The lowest BCUT2D eigenvalue weighted by atomic mass is 10.1. The second kappa shape index (κ2) is 10.1. The molecular formula is C24H48O2Si4. The van der Waals surface area contributed by atoms with Crippen LogP contribution in [-0.2, 0) is 8.85 Å². The smallest absolute Gasteiger partial charge is 0.199 e. The van der Waals surface area contributed by atoms with Gasteiger partial charge in [-0.05, 0) is 50.8 Å². The highest BCUT2D eigenvalue weighted by Crippen LogP contribution is 2.37. The Labute approximate surface area is 192 Å². The maximum Gasteiger partial charge on any atom is 0.199 e. The van der Waals surface area contributed by atoms with E-state index in [1.54, 1.807) is 0 Å². The van der Waals surface area contributed by atoms with Crippen molar-refractivity contribution in [1.29, 1.82) is 0 Å². The molecule has 0 unspecified atom stereocenters. The van der Waals surface area contributed by atoms with Crippen LogP contribution in [0.3, 0.4) is 0 Å². The minimum Gasteiger partial charge on any atom is -0.411 e. The monoisotopic (exact) mass is 480 g/mol. The van der Waals surface area contributed by atoms with Crippen LogP contribution in [0, 0.1) is 22.9 Å². The van der Waals surface area contributed by atoms with Gasteiger partial charge in [0.1, 0.15) is 16.1 Å². The molecule has 0 aliphatic heterocycles. The highest BCUT2D eigenvalue weighted by atomic mass is 28.4. The fourth-order valence-electron chi connectivity index (χ4n) is 2.20. The Morgan fingerprint density at radius 1 is 0.733 bits per heavy atom. The third-order valence-corrected chi connectivity index (χ3v) is 11.9. The fourth-order valence-corrected chi connectivity index (χ4v) is 5.81. The molecule has 0 saturated carbocycles. The van der Waals surface area contributed by atoms with Gasteiger partial charge in [0.2, 0.25) is 0 Å². The summed E-state index contributed by atoms with van der Waals surface area (Å²) in [5, 5.41) is 0.177. The highest BCUT2D eigenvalue weighted by molar-refractivity contribution is 6.84. The second-order valence-corrected chi connectivity index (χ2v) is 31.6. The van der Waals surface area contributed by atoms with Gasteiger partial charge in [-0.2, -0.15) is 0 Å². The predicted molar refractivity (Wildman–Crippen MR) is 146 cm³/mol. The van der Waals surface area contributed by atoms with Crippen LogP contribution in [0.15, 0.2) is 12.2 Å². The standard InChI is InChI=1S/C24H48O2Si4/c1-22(25-30(14,15)23(2,3)4)16-17-24(26-29(11,12)13,18-20-27(5,6)7)19-21-28(8,9)10/h16-17,22H,1-15H3/b17-16+/t22-/m0/s1. The van der Waals surface area contributed by atoms with E-state index in [9.17, 15) is 0 Å². The molecule has 0 heterocycles. The minimum atomic E-state index is -1.89. The van der Waals surface area contributed by atoms with E-state index in [-0.39, 0.29) is 11.1 Å². The molecule has 0 fully saturated rings. The Hall–Kier alpha value is -0.352. The van der Waals surface area contributed by atoms with E-state index < -0.39 is 38.4 Å². The highest BCUT2D eigenvalue weighted by Gasteiger charge is 2.38. The lowest BCUT2D eigenvalue weighted by Gasteiger charge is -2.38. The maximum absolute atomic E-state index is 6.67. The molecule has 172 valence electrons. The molecule has 0 radical (unpaired) electrons. The molecular weight excluding hydrogens is 433 g/mol. The van der Waals surface area contributed by atoms with Crippen molar-refractivity contribution in [2.75, 3.05) is 0 Å². The summed E-state index contributed by atoms with van der Waals surface area (Å²) in [6, 6.07) is 0. The SMILES string of the molecule is C[C@@H](/C=C/C(C#C[Si](C)(C)C)(C#C[Si](C)(C)C)O[Si](C)(C)C)O[Si](C)(C)C(C)(C)C. The van der Waals surface area contributed by atoms with E-state index in [2.05, 4.69) is 135 Å². The summed E-state index contributed by atoms with van der Waals surface area (Å²) in [4.78, 5) is 0. The fraction of sp³-hybridized carbons (Fsp3) is 0.750. The summed E-state index contributed by atoms with van der Waals surface area (Å²) in [7, 11) is -6.90. The van der Waals surface area contributed by atoms with Crippen LogP contribution in [0.2, 0.25) is 77.1 Å². The van der Waals surface area contributed by atoms with Crippen molar-refractivity contribution in [1.82, 2.24) is 0 Å². The van der Waals surface area contributed by atoms with Gasteiger partial charge in [0.05, 0.1) is 6.10 Å². The first kappa shape index (κ1) is 29.6. The van der Waals surface area contributed by atoms with E-state index >= 15 is 0 Å². The summed E-state index contributed by atoms with van der Waals surface area (Å²) in [6.07, 6.45) is 4.21. The Bertz CT molecular complexity index is 687. The van der Waals surface area contributed by atoms with Crippen molar-refractivity contribution in [3.63, 3.8) is 0 Å². The van der Waals surface area contributed by atoms with Gasteiger partial charge in [0.25, 0.3) is 0 Å². The third kappa shape index (κ3) is 12.5. The molecule has 0 aliphatic carbocycles. The van der Waals surface area contributed by atoms with Gasteiger partial charge in [0, 0.05) is 0 Å². The first-order valence-electron chi connectivity index (χ1n) is 11.1. The van der Waals surface area contributed by atoms with Crippen LogP contribution < -0.4 is 0 Å². The Morgan fingerprint density at radius 3 is 1.43 bits per heavy atom. The van der Waals surface area contributed by atoms with Crippen LogP contribution in [0.1, 0.15) is 27.7 Å². The van der Waals surface area contributed by atoms with Gasteiger partial charge in [-0.3, -0.25) is 0 Å². The summed E-state index contributed by atoms with van der Waals surface area (Å²) >= 11 is 0. The lowest BCUT2D eigenvalue weighted by Crippen LogP contribution is -2.43. The second-order valence-electron chi connectivity index (χ2n) is 12.9. The molecule has 0 N–H and O–H groups in total. The van der Waals surface area contributed by atoms with Crippen molar-refractivity contribution in [3.05, 3.63) is 12.2 Å². The molecule has 0 aromatic rings. The van der Waals surface area contributed by atoms with Crippen molar-refractivity contribution in [3.8, 4) is 22.9 Å². The summed E-state index contributed by atoms with van der Waals surface area (Å²) < 4.78 is 13.2. The van der Waals surface area contributed by atoms with Gasteiger partial charge in [0.15, 0.2) is 22.2 Å². The van der Waals surface area contributed by atoms with Gasteiger partial charge < -0.3 is 8.85 Å². The normalized spacial score (nSPS) is 15.3.